The number of benzene rings is 2. The standard InChI is InChI=1S/C17H16O3/c18-11-3-4-14-7-9-15(10-8-14)13-20-17-6-2-1-5-16(17)12-19/h1-2,5-10,18-19H,11-13H2. The van der Waals surface area contributed by atoms with Gasteiger partial charge in [-0.1, -0.05) is 42.2 Å². The van der Waals surface area contributed by atoms with Crippen molar-refractivity contribution in [2.24, 2.45) is 0 Å². The topological polar surface area (TPSA) is 49.7 Å². The lowest BCUT2D eigenvalue weighted by molar-refractivity contribution is 0.259. The summed E-state index contributed by atoms with van der Waals surface area (Å²) in [7, 11) is 0. The van der Waals surface area contributed by atoms with E-state index in [4.69, 9.17) is 9.84 Å². The minimum Gasteiger partial charge on any atom is -0.489 e. The lowest BCUT2D eigenvalue weighted by Gasteiger charge is -2.09. The normalized spacial score (nSPS) is 9.70. The Morgan fingerprint density at radius 3 is 2.40 bits per heavy atom. The van der Waals surface area contributed by atoms with Gasteiger partial charge in [-0.2, -0.15) is 0 Å². The second-order valence-electron chi connectivity index (χ2n) is 4.21. The van der Waals surface area contributed by atoms with E-state index in [2.05, 4.69) is 11.8 Å². The van der Waals surface area contributed by atoms with Gasteiger partial charge in [-0.05, 0) is 23.8 Å². The molecule has 2 aromatic carbocycles. The Morgan fingerprint density at radius 1 is 0.950 bits per heavy atom. The SMILES string of the molecule is OCC#Cc1ccc(COc2ccccc2CO)cc1. The predicted octanol–water partition coefficient (Wildman–Crippen LogP) is 2.10. The molecule has 3 nitrogen and oxygen atoms in total. The highest BCUT2D eigenvalue weighted by atomic mass is 16.5. The zero-order valence-corrected chi connectivity index (χ0v) is 11.0. The molecule has 0 spiro atoms. The largest absolute Gasteiger partial charge is 0.489 e. The van der Waals surface area contributed by atoms with Gasteiger partial charge in [0.25, 0.3) is 0 Å². The van der Waals surface area contributed by atoms with E-state index in [-0.39, 0.29) is 13.2 Å². The van der Waals surface area contributed by atoms with E-state index in [9.17, 15) is 5.11 Å². The predicted molar refractivity (Wildman–Crippen MR) is 77.1 cm³/mol. The van der Waals surface area contributed by atoms with E-state index in [1.54, 1.807) is 0 Å². The van der Waals surface area contributed by atoms with Gasteiger partial charge in [-0.3, -0.25) is 0 Å². The summed E-state index contributed by atoms with van der Waals surface area (Å²) in [5.74, 6) is 6.14. The fraction of sp³-hybridized carbons (Fsp3) is 0.176. The average Bonchev–Trinajstić information content (AvgIpc) is 2.52. The highest BCUT2D eigenvalue weighted by molar-refractivity contribution is 5.37. The Labute approximate surface area is 118 Å². The fourth-order valence-corrected chi connectivity index (χ4v) is 1.76. The first kappa shape index (κ1) is 14.1. The summed E-state index contributed by atoms with van der Waals surface area (Å²) in [4.78, 5) is 0. The molecule has 0 unspecified atom stereocenters. The van der Waals surface area contributed by atoms with Gasteiger partial charge >= 0.3 is 0 Å². The van der Waals surface area contributed by atoms with Gasteiger partial charge in [-0.15, -0.1) is 0 Å². The first-order valence-corrected chi connectivity index (χ1v) is 6.33. The van der Waals surface area contributed by atoms with E-state index >= 15 is 0 Å². The number of aliphatic hydroxyl groups excluding tert-OH is 2. The maximum atomic E-state index is 9.22. The van der Waals surface area contributed by atoms with Crippen molar-refractivity contribution in [3.05, 3.63) is 65.2 Å². The second-order valence-corrected chi connectivity index (χ2v) is 4.21. The molecule has 0 atom stereocenters. The van der Waals surface area contributed by atoms with Gasteiger partial charge in [0.05, 0.1) is 6.61 Å². The zero-order valence-electron chi connectivity index (χ0n) is 11.0. The monoisotopic (exact) mass is 268 g/mol. The van der Waals surface area contributed by atoms with Crippen LogP contribution in [0.15, 0.2) is 48.5 Å². The molecular formula is C17H16O3. The van der Waals surface area contributed by atoms with E-state index in [0.717, 1.165) is 16.7 Å². The first-order chi connectivity index (χ1) is 9.83. The Hall–Kier alpha value is -2.28. The molecule has 0 amide bonds. The summed E-state index contributed by atoms with van der Waals surface area (Å²) >= 11 is 0. The number of ether oxygens (including phenoxy) is 1. The lowest BCUT2D eigenvalue weighted by Crippen LogP contribution is -1.98. The second kappa shape index (κ2) is 7.34. The molecule has 2 aromatic rings. The Kier molecular flexibility index (Phi) is 5.19. The van der Waals surface area contributed by atoms with Gasteiger partial charge in [-0.25, -0.2) is 0 Å². The zero-order chi connectivity index (χ0) is 14.2. The Balaban J connectivity index is 2.00. The highest BCUT2D eigenvalue weighted by Gasteiger charge is 2.01. The summed E-state index contributed by atoms with van der Waals surface area (Å²) in [6.45, 7) is 0.263. The molecule has 0 bridgehead atoms. The third-order valence-corrected chi connectivity index (χ3v) is 2.80. The van der Waals surface area contributed by atoms with Crippen LogP contribution in [0, 0.1) is 11.8 Å². The third kappa shape index (κ3) is 3.86. The molecule has 0 aromatic heterocycles. The molecule has 0 saturated heterocycles. The van der Waals surface area contributed by atoms with Crippen LogP contribution < -0.4 is 4.74 Å². The summed E-state index contributed by atoms with van der Waals surface area (Å²) in [5, 5.41) is 17.8. The summed E-state index contributed by atoms with van der Waals surface area (Å²) < 4.78 is 5.70. The molecule has 0 heterocycles. The molecular weight excluding hydrogens is 252 g/mol. The van der Waals surface area contributed by atoms with Gasteiger partial charge in [0, 0.05) is 11.1 Å². The highest BCUT2D eigenvalue weighted by Crippen LogP contribution is 2.19. The Bertz CT molecular complexity index is 606. The molecule has 0 aliphatic rings. The smallest absolute Gasteiger partial charge is 0.125 e. The third-order valence-electron chi connectivity index (χ3n) is 2.80. The maximum absolute atomic E-state index is 9.22. The van der Waals surface area contributed by atoms with Crippen molar-refractivity contribution in [2.45, 2.75) is 13.2 Å². The van der Waals surface area contributed by atoms with Crippen molar-refractivity contribution >= 4 is 0 Å². The average molecular weight is 268 g/mol. The minimum absolute atomic E-state index is 0.0359. The van der Waals surface area contributed by atoms with Crippen molar-refractivity contribution in [1.29, 1.82) is 0 Å². The summed E-state index contributed by atoms with van der Waals surface area (Å²) in [5.41, 5.74) is 2.66. The van der Waals surface area contributed by atoms with Crippen LogP contribution in [0.1, 0.15) is 16.7 Å². The minimum atomic E-state index is -0.136. The van der Waals surface area contributed by atoms with E-state index in [1.165, 1.54) is 0 Å². The number of hydrogen-bond acceptors (Lipinski definition) is 3. The molecule has 0 saturated carbocycles. The van der Waals surface area contributed by atoms with Crippen molar-refractivity contribution in [1.82, 2.24) is 0 Å². The van der Waals surface area contributed by atoms with Gasteiger partial charge in [0.1, 0.15) is 19.0 Å². The van der Waals surface area contributed by atoms with Crippen molar-refractivity contribution in [3.63, 3.8) is 0 Å². The molecule has 20 heavy (non-hydrogen) atoms. The number of rotatable bonds is 4. The van der Waals surface area contributed by atoms with Crippen molar-refractivity contribution in [3.8, 4) is 17.6 Å². The van der Waals surface area contributed by atoms with Crippen LogP contribution in [0.3, 0.4) is 0 Å². The fourth-order valence-electron chi connectivity index (χ4n) is 1.76. The molecule has 102 valence electrons. The van der Waals surface area contributed by atoms with Crippen LogP contribution in [0.25, 0.3) is 0 Å². The van der Waals surface area contributed by atoms with Crippen LogP contribution in [-0.4, -0.2) is 16.8 Å². The van der Waals surface area contributed by atoms with E-state index < -0.39 is 0 Å². The summed E-state index contributed by atoms with van der Waals surface area (Å²) in [6.07, 6.45) is 0. The van der Waals surface area contributed by atoms with Crippen LogP contribution >= 0.6 is 0 Å². The molecule has 0 radical (unpaired) electrons. The quantitative estimate of drug-likeness (QED) is 0.835. The van der Waals surface area contributed by atoms with Crippen LogP contribution in [0.4, 0.5) is 0 Å². The van der Waals surface area contributed by atoms with Crippen LogP contribution in [0.5, 0.6) is 5.75 Å². The number of hydrogen-bond donors (Lipinski definition) is 2. The number of para-hydroxylation sites is 1. The molecule has 2 rings (SSSR count). The maximum Gasteiger partial charge on any atom is 0.125 e. The van der Waals surface area contributed by atoms with Crippen LogP contribution in [0.2, 0.25) is 0 Å². The molecule has 0 aliphatic heterocycles. The molecule has 2 N–H and O–H groups in total. The number of aliphatic hydroxyl groups is 2. The van der Waals surface area contributed by atoms with Crippen molar-refractivity contribution < 1.29 is 14.9 Å². The molecule has 3 heteroatoms. The molecule has 0 fully saturated rings. The van der Waals surface area contributed by atoms with E-state index in [0.29, 0.717) is 12.4 Å². The molecule has 0 aliphatic carbocycles. The summed E-state index contributed by atoms with van der Waals surface area (Å²) in [6, 6.07) is 15.1. The van der Waals surface area contributed by atoms with Gasteiger partial charge < -0.3 is 14.9 Å². The lowest BCUT2D eigenvalue weighted by atomic mass is 10.1. The van der Waals surface area contributed by atoms with Gasteiger partial charge in [0.15, 0.2) is 0 Å². The Morgan fingerprint density at radius 2 is 1.70 bits per heavy atom. The first-order valence-electron chi connectivity index (χ1n) is 6.33. The van der Waals surface area contributed by atoms with Crippen LogP contribution in [-0.2, 0) is 13.2 Å². The van der Waals surface area contributed by atoms with Gasteiger partial charge in [0.2, 0.25) is 0 Å². The van der Waals surface area contributed by atoms with E-state index in [1.807, 2.05) is 48.5 Å². The van der Waals surface area contributed by atoms with Crippen molar-refractivity contribution in [2.75, 3.05) is 6.61 Å².